The average molecular weight is 272 g/mol. The van der Waals surface area contributed by atoms with Crippen LogP contribution in [0.15, 0.2) is 28.3 Å². The maximum Gasteiger partial charge on any atom is 0.195 e. The Bertz CT molecular complexity index is 684. The van der Waals surface area contributed by atoms with Crippen LogP contribution in [0, 0.1) is 18.3 Å². The van der Waals surface area contributed by atoms with Crippen molar-refractivity contribution in [2.75, 3.05) is 0 Å². The third kappa shape index (κ3) is 2.66. The maximum absolute atomic E-state index is 11.6. The van der Waals surface area contributed by atoms with E-state index in [0.717, 1.165) is 10.7 Å². The molecule has 5 nitrogen and oxygen atoms in total. The molecule has 0 spiro atoms. The lowest BCUT2D eigenvalue weighted by Crippen LogP contribution is -1.98. The van der Waals surface area contributed by atoms with Gasteiger partial charge < -0.3 is 4.57 Å². The number of hydrogen-bond donors (Lipinski definition) is 0. The van der Waals surface area contributed by atoms with Crippen LogP contribution in [0.2, 0.25) is 0 Å². The Hall–Kier alpha value is -2.13. The predicted octanol–water partition coefficient (Wildman–Crippen LogP) is 2.35. The van der Waals surface area contributed by atoms with Gasteiger partial charge >= 0.3 is 0 Å². The summed E-state index contributed by atoms with van der Waals surface area (Å²) in [6.07, 6.45) is 0. The van der Waals surface area contributed by atoms with E-state index in [2.05, 4.69) is 16.3 Å². The van der Waals surface area contributed by atoms with Crippen LogP contribution in [-0.2, 0) is 7.05 Å². The van der Waals surface area contributed by atoms with Crippen molar-refractivity contribution in [1.29, 1.82) is 5.26 Å². The number of benzene rings is 1. The summed E-state index contributed by atoms with van der Waals surface area (Å²) in [7, 11) is 1.86. The van der Waals surface area contributed by atoms with Gasteiger partial charge in [-0.2, -0.15) is 5.26 Å². The highest BCUT2D eigenvalue weighted by Crippen LogP contribution is 2.30. The van der Waals surface area contributed by atoms with Gasteiger partial charge in [0.25, 0.3) is 0 Å². The van der Waals surface area contributed by atoms with Gasteiger partial charge in [-0.3, -0.25) is 4.79 Å². The SMILES string of the molecule is CC(=O)c1ccc(C#N)cc1Sc1nnc(C)n1C. The van der Waals surface area contributed by atoms with Gasteiger partial charge in [-0.05, 0) is 43.8 Å². The third-order valence-electron chi connectivity index (χ3n) is 2.74. The molecule has 0 unspecified atom stereocenters. The Kier molecular flexibility index (Phi) is 3.67. The number of carbonyl (C=O) groups is 1. The molecular weight excluding hydrogens is 260 g/mol. The average Bonchev–Trinajstić information content (AvgIpc) is 2.70. The summed E-state index contributed by atoms with van der Waals surface area (Å²) in [5.41, 5.74) is 1.11. The zero-order chi connectivity index (χ0) is 14.0. The monoisotopic (exact) mass is 272 g/mol. The van der Waals surface area contributed by atoms with Crippen molar-refractivity contribution in [2.24, 2.45) is 7.05 Å². The number of aromatic nitrogens is 3. The van der Waals surface area contributed by atoms with Crippen LogP contribution in [0.3, 0.4) is 0 Å². The number of carbonyl (C=O) groups excluding carboxylic acids is 1. The van der Waals surface area contributed by atoms with Gasteiger partial charge in [0.2, 0.25) is 0 Å². The van der Waals surface area contributed by atoms with Gasteiger partial charge in [-0.25, -0.2) is 0 Å². The lowest BCUT2D eigenvalue weighted by molar-refractivity contribution is 0.101. The Labute approximate surface area is 115 Å². The van der Waals surface area contributed by atoms with Gasteiger partial charge in [-0.15, -0.1) is 10.2 Å². The zero-order valence-corrected chi connectivity index (χ0v) is 11.7. The molecule has 0 N–H and O–H groups in total. The molecule has 0 aliphatic heterocycles. The fourth-order valence-electron chi connectivity index (χ4n) is 1.54. The number of ketones is 1. The molecule has 0 aliphatic carbocycles. The number of hydrogen-bond acceptors (Lipinski definition) is 5. The molecular formula is C13H12N4OS. The van der Waals surface area contributed by atoms with Gasteiger partial charge in [-0.1, -0.05) is 0 Å². The van der Waals surface area contributed by atoms with Crippen molar-refractivity contribution in [2.45, 2.75) is 23.9 Å². The summed E-state index contributed by atoms with van der Waals surface area (Å²) < 4.78 is 1.84. The first-order valence-corrected chi connectivity index (χ1v) is 6.43. The van der Waals surface area contributed by atoms with Crippen molar-refractivity contribution in [3.8, 4) is 6.07 Å². The second-order valence-corrected chi connectivity index (χ2v) is 5.08. The van der Waals surface area contributed by atoms with E-state index in [0.29, 0.717) is 16.3 Å². The van der Waals surface area contributed by atoms with E-state index in [1.807, 2.05) is 18.5 Å². The topological polar surface area (TPSA) is 71.6 Å². The Balaban J connectivity index is 2.46. The standard InChI is InChI=1S/C13H12N4OS/c1-8(18)11-5-4-10(7-14)6-12(11)19-13-16-15-9(2)17(13)3/h4-6H,1-3H3. The molecule has 19 heavy (non-hydrogen) atoms. The lowest BCUT2D eigenvalue weighted by Gasteiger charge is -2.06. The van der Waals surface area contributed by atoms with Crippen molar-refractivity contribution in [3.05, 3.63) is 35.2 Å². The summed E-state index contributed by atoms with van der Waals surface area (Å²) in [4.78, 5) is 12.3. The molecule has 2 rings (SSSR count). The molecule has 6 heteroatoms. The predicted molar refractivity (Wildman–Crippen MR) is 71.0 cm³/mol. The smallest absolute Gasteiger partial charge is 0.195 e. The number of nitriles is 1. The normalized spacial score (nSPS) is 10.2. The van der Waals surface area contributed by atoms with E-state index in [1.54, 1.807) is 18.2 Å². The molecule has 0 bridgehead atoms. The Morgan fingerprint density at radius 3 is 2.68 bits per heavy atom. The molecule has 0 saturated heterocycles. The van der Waals surface area contributed by atoms with Crippen LogP contribution >= 0.6 is 11.8 Å². The highest BCUT2D eigenvalue weighted by Gasteiger charge is 2.13. The maximum atomic E-state index is 11.6. The summed E-state index contributed by atoms with van der Waals surface area (Å²) in [6, 6.07) is 7.09. The summed E-state index contributed by atoms with van der Waals surface area (Å²) in [6.45, 7) is 3.36. The van der Waals surface area contributed by atoms with Crippen LogP contribution in [0.25, 0.3) is 0 Å². The number of aryl methyl sites for hydroxylation is 1. The van der Waals surface area contributed by atoms with Gasteiger partial charge in [0.05, 0.1) is 11.6 Å². The van der Waals surface area contributed by atoms with Crippen molar-refractivity contribution in [1.82, 2.24) is 14.8 Å². The van der Waals surface area contributed by atoms with Crippen LogP contribution in [0.4, 0.5) is 0 Å². The molecule has 0 radical (unpaired) electrons. The van der Waals surface area contributed by atoms with Gasteiger partial charge in [0.15, 0.2) is 10.9 Å². The molecule has 1 aromatic heterocycles. The first-order valence-electron chi connectivity index (χ1n) is 5.62. The molecule has 2 aromatic rings. The highest BCUT2D eigenvalue weighted by molar-refractivity contribution is 7.99. The van der Waals surface area contributed by atoms with E-state index in [9.17, 15) is 4.79 Å². The second-order valence-electron chi connectivity index (χ2n) is 4.07. The largest absolute Gasteiger partial charge is 0.309 e. The highest BCUT2D eigenvalue weighted by atomic mass is 32.2. The second kappa shape index (κ2) is 5.24. The zero-order valence-electron chi connectivity index (χ0n) is 10.8. The minimum absolute atomic E-state index is 0.0362. The Morgan fingerprint density at radius 2 is 2.16 bits per heavy atom. The van der Waals surface area contributed by atoms with E-state index < -0.39 is 0 Å². The van der Waals surface area contributed by atoms with Crippen LogP contribution in [-0.4, -0.2) is 20.5 Å². The molecule has 96 valence electrons. The fraction of sp³-hybridized carbons (Fsp3) is 0.231. The van der Waals surface area contributed by atoms with E-state index >= 15 is 0 Å². The van der Waals surface area contributed by atoms with Crippen molar-refractivity contribution < 1.29 is 4.79 Å². The van der Waals surface area contributed by atoms with Gasteiger partial charge in [0, 0.05) is 17.5 Å². The summed E-state index contributed by atoms with van der Waals surface area (Å²) in [5.74, 6) is 0.759. The van der Waals surface area contributed by atoms with Crippen molar-refractivity contribution >= 4 is 17.5 Å². The number of rotatable bonds is 3. The molecule has 0 fully saturated rings. The summed E-state index contributed by atoms with van der Waals surface area (Å²) >= 11 is 1.34. The van der Waals surface area contributed by atoms with Crippen LogP contribution in [0.1, 0.15) is 28.7 Å². The molecule has 0 atom stereocenters. The van der Waals surface area contributed by atoms with Crippen LogP contribution < -0.4 is 0 Å². The van der Waals surface area contributed by atoms with Crippen LogP contribution in [0.5, 0.6) is 0 Å². The lowest BCUT2D eigenvalue weighted by atomic mass is 10.1. The molecule has 0 aliphatic rings. The van der Waals surface area contributed by atoms with E-state index in [-0.39, 0.29) is 5.78 Å². The molecule has 1 heterocycles. The minimum Gasteiger partial charge on any atom is -0.309 e. The van der Waals surface area contributed by atoms with Gasteiger partial charge in [0.1, 0.15) is 5.82 Å². The first-order chi connectivity index (χ1) is 9.02. The van der Waals surface area contributed by atoms with E-state index in [4.69, 9.17) is 5.26 Å². The molecule has 1 aromatic carbocycles. The first kappa shape index (κ1) is 13.3. The number of nitrogens with zero attached hydrogens (tertiary/aromatic N) is 4. The summed E-state index contributed by atoms with van der Waals surface area (Å²) in [5, 5.41) is 17.6. The quantitative estimate of drug-likeness (QED) is 0.802. The fourth-order valence-corrected chi connectivity index (χ4v) is 2.60. The third-order valence-corrected chi connectivity index (χ3v) is 3.84. The molecule has 0 amide bonds. The Morgan fingerprint density at radius 1 is 1.42 bits per heavy atom. The van der Waals surface area contributed by atoms with Crippen molar-refractivity contribution in [3.63, 3.8) is 0 Å². The van der Waals surface area contributed by atoms with E-state index in [1.165, 1.54) is 18.7 Å². The number of Topliss-reactive ketones (excluding diaryl/α,β-unsaturated/α-hetero) is 1. The molecule has 0 saturated carbocycles. The minimum atomic E-state index is -0.0362.